The van der Waals surface area contributed by atoms with E-state index in [-0.39, 0.29) is 11.4 Å². The molecule has 0 unspecified atom stereocenters. The first-order valence-corrected chi connectivity index (χ1v) is 10.9. The van der Waals surface area contributed by atoms with Crippen LogP contribution in [0.1, 0.15) is 60.6 Å². The van der Waals surface area contributed by atoms with Crippen molar-refractivity contribution in [2.24, 2.45) is 17.8 Å². The second-order valence-corrected chi connectivity index (χ2v) is 9.69. The van der Waals surface area contributed by atoms with Crippen molar-refractivity contribution in [3.05, 3.63) is 41.5 Å². The lowest BCUT2D eigenvalue weighted by Gasteiger charge is -2.56. The highest BCUT2D eigenvalue weighted by molar-refractivity contribution is 7.98. The number of amides is 1. The van der Waals surface area contributed by atoms with Crippen molar-refractivity contribution in [3.63, 3.8) is 0 Å². The van der Waals surface area contributed by atoms with E-state index in [9.17, 15) is 4.79 Å². The molecule has 6 rings (SSSR count). The van der Waals surface area contributed by atoms with Crippen LogP contribution in [-0.4, -0.2) is 21.6 Å². The number of benzene rings is 1. The maximum Gasteiger partial charge on any atom is 0.252 e. The van der Waals surface area contributed by atoms with Crippen LogP contribution in [-0.2, 0) is 5.75 Å². The van der Waals surface area contributed by atoms with Gasteiger partial charge in [0.2, 0.25) is 5.89 Å². The van der Waals surface area contributed by atoms with E-state index in [0.717, 1.165) is 28.2 Å². The Morgan fingerprint density at radius 3 is 2.48 bits per heavy atom. The molecule has 1 aromatic heterocycles. The van der Waals surface area contributed by atoms with Crippen LogP contribution in [0.25, 0.3) is 0 Å². The molecular weight excluding hydrogens is 358 g/mol. The molecule has 0 aliphatic heterocycles. The van der Waals surface area contributed by atoms with E-state index < -0.39 is 0 Å². The Morgan fingerprint density at radius 2 is 1.85 bits per heavy atom. The van der Waals surface area contributed by atoms with Gasteiger partial charge in [0, 0.05) is 10.4 Å². The maximum atomic E-state index is 13.2. The van der Waals surface area contributed by atoms with Crippen molar-refractivity contribution in [1.82, 2.24) is 15.5 Å². The first kappa shape index (κ1) is 17.3. The van der Waals surface area contributed by atoms with Gasteiger partial charge in [-0.05, 0) is 75.3 Å². The average Bonchev–Trinajstić information content (AvgIpc) is 3.04. The van der Waals surface area contributed by atoms with E-state index in [1.165, 1.54) is 38.5 Å². The van der Waals surface area contributed by atoms with Gasteiger partial charge in [0.1, 0.15) is 0 Å². The van der Waals surface area contributed by atoms with E-state index in [2.05, 4.69) is 15.5 Å². The first-order chi connectivity index (χ1) is 13.1. The summed E-state index contributed by atoms with van der Waals surface area (Å²) in [5, 5.41) is 7.31. The number of hydrogen-bond donors (Lipinski definition) is 1. The topological polar surface area (TPSA) is 68.0 Å². The second-order valence-electron chi connectivity index (χ2n) is 8.67. The molecule has 5 nitrogen and oxygen atoms in total. The maximum absolute atomic E-state index is 13.2. The predicted molar refractivity (Wildman–Crippen MR) is 103 cm³/mol. The van der Waals surface area contributed by atoms with Crippen molar-refractivity contribution in [3.8, 4) is 0 Å². The lowest BCUT2D eigenvalue weighted by Crippen LogP contribution is -2.59. The zero-order valence-corrected chi connectivity index (χ0v) is 16.4. The third-order valence-corrected chi connectivity index (χ3v) is 7.53. The van der Waals surface area contributed by atoms with Gasteiger partial charge in [0.05, 0.1) is 11.3 Å². The summed E-state index contributed by atoms with van der Waals surface area (Å²) in [6, 6.07) is 7.85. The summed E-state index contributed by atoms with van der Waals surface area (Å²) in [6.07, 6.45) is 7.64. The Hall–Kier alpha value is -1.82. The molecule has 0 spiro atoms. The largest absolute Gasteiger partial charge is 0.347 e. The van der Waals surface area contributed by atoms with Crippen LogP contribution in [0, 0.1) is 24.7 Å². The Balaban J connectivity index is 1.32. The number of carbonyl (C=O) groups is 1. The van der Waals surface area contributed by atoms with E-state index in [0.29, 0.717) is 17.5 Å². The number of nitrogens with zero attached hydrogens (tertiary/aromatic N) is 2. The van der Waals surface area contributed by atoms with Crippen molar-refractivity contribution in [1.29, 1.82) is 0 Å². The number of rotatable bonds is 5. The molecule has 1 aromatic carbocycles. The summed E-state index contributed by atoms with van der Waals surface area (Å²) in [5.74, 6) is 4.34. The molecule has 4 aliphatic rings. The number of thioether (sulfide) groups is 1. The van der Waals surface area contributed by atoms with Crippen molar-refractivity contribution < 1.29 is 9.32 Å². The zero-order valence-electron chi connectivity index (χ0n) is 15.6. The number of carbonyl (C=O) groups excluding carboxylic acids is 1. The summed E-state index contributed by atoms with van der Waals surface area (Å²) in [5.41, 5.74) is 0.794. The van der Waals surface area contributed by atoms with Crippen molar-refractivity contribution in [2.75, 3.05) is 0 Å². The SMILES string of the molecule is Cc1noc(CSc2ccccc2C(=O)NC23CC4CC(CC(C4)C2)C3)n1. The zero-order chi connectivity index (χ0) is 18.4. The fourth-order valence-corrected chi connectivity index (χ4v) is 6.78. The number of hydrogen-bond acceptors (Lipinski definition) is 5. The second kappa shape index (κ2) is 6.66. The highest BCUT2D eigenvalue weighted by Gasteiger charge is 2.51. The molecule has 1 amide bonds. The van der Waals surface area contributed by atoms with Crippen LogP contribution in [0.2, 0.25) is 0 Å². The van der Waals surface area contributed by atoms with Gasteiger partial charge >= 0.3 is 0 Å². The Bertz CT molecular complexity index is 827. The molecular formula is C21H25N3O2S. The highest BCUT2D eigenvalue weighted by Crippen LogP contribution is 2.55. The summed E-state index contributed by atoms with van der Waals surface area (Å²) in [7, 11) is 0. The molecule has 4 bridgehead atoms. The van der Waals surface area contributed by atoms with E-state index in [1.807, 2.05) is 31.2 Å². The van der Waals surface area contributed by atoms with E-state index >= 15 is 0 Å². The smallest absolute Gasteiger partial charge is 0.252 e. The highest BCUT2D eigenvalue weighted by atomic mass is 32.2. The van der Waals surface area contributed by atoms with Crippen molar-refractivity contribution >= 4 is 17.7 Å². The van der Waals surface area contributed by atoms with E-state index in [1.54, 1.807) is 11.8 Å². The predicted octanol–water partition coefficient (Wildman–Crippen LogP) is 4.37. The average molecular weight is 384 g/mol. The van der Waals surface area contributed by atoms with Gasteiger partial charge in [0.25, 0.3) is 5.91 Å². The third-order valence-electron chi connectivity index (χ3n) is 6.47. The number of nitrogens with one attached hydrogen (secondary N) is 1. The van der Waals surface area contributed by atoms with Gasteiger partial charge in [-0.15, -0.1) is 11.8 Å². The summed E-state index contributed by atoms with van der Waals surface area (Å²) >= 11 is 1.58. The summed E-state index contributed by atoms with van der Waals surface area (Å²) in [4.78, 5) is 18.4. The first-order valence-electron chi connectivity index (χ1n) is 9.92. The quantitative estimate of drug-likeness (QED) is 0.777. The van der Waals surface area contributed by atoms with E-state index in [4.69, 9.17) is 4.52 Å². The molecule has 6 heteroatoms. The minimum absolute atomic E-state index is 0.0349. The van der Waals surface area contributed by atoms with Gasteiger partial charge in [-0.25, -0.2) is 0 Å². The molecule has 4 aliphatic carbocycles. The summed E-state index contributed by atoms with van der Waals surface area (Å²) < 4.78 is 5.19. The molecule has 2 aromatic rings. The van der Waals surface area contributed by atoms with Crippen LogP contribution < -0.4 is 5.32 Å². The monoisotopic (exact) mass is 383 g/mol. The number of aromatic nitrogens is 2. The van der Waals surface area contributed by atoms with Gasteiger partial charge < -0.3 is 9.84 Å². The molecule has 142 valence electrons. The Labute approximate surface area is 163 Å². The third kappa shape index (κ3) is 3.40. The van der Waals surface area contributed by atoms with Gasteiger partial charge in [-0.3, -0.25) is 4.79 Å². The van der Waals surface area contributed by atoms with Gasteiger partial charge in [-0.1, -0.05) is 17.3 Å². The van der Waals surface area contributed by atoms with Gasteiger partial charge in [-0.2, -0.15) is 4.98 Å². The van der Waals surface area contributed by atoms with Gasteiger partial charge in [0.15, 0.2) is 5.82 Å². The van der Waals surface area contributed by atoms with Crippen molar-refractivity contribution in [2.45, 2.75) is 61.6 Å². The Morgan fingerprint density at radius 1 is 1.19 bits per heavy atom. The minimum Gasteiger partial charge on any atom is -0.347 e. The normalized spacial score (nSPS) is 31.2. The molecule has 4 fully saturated rings. The minimum atomic E-state index is 0.0349. The standard InChI is InChI=1S/C21H25N3O2S/c1-13-22-19(26-24-13)12-27-18-5-3-2-4-17(18)20(25)23-21-9-14-6-15(10-21)8-16(7-14)11-21/h2-5,14-16H,6-12H2,1H3,(H,23,25). The molecule has 0 saturated heterocycles. The van der Waals surface area contributed by atoms with Crippen LogP contribution in [0.4, 0.5) is 0 Å². The summed E-state index contributed by atoms with van der Waals surface area (Å²) in [6.45, 7) is 1.81. The fourth-order valence-electron chi connectivity index (χ4n) is 5.89. The molecule has 4 saturated carbocycles. The molecule has 1 N–H and O–H groups in total. The molecule has 0 radical (unpaired) electrons. The van der Waals surface area contributed by atoms with Crippen LogP contribution >= 0.6 is 11.8 Å². The molecule has 0 atom stereocenters. The van der Waals surface area contributed by atoms with Crippen LogP contribution in [0.15, 0.2) is 33.7 Å². The molecule has 1 heterocycles. The lowest BCUT2D eigenvalue weighted by atomic mass is 9.53. The molecule has 27 heavy (non-hydrogen) atoms. The van der Waals surface area contributed by atoms with Crippen LogP contribution in [0.5, 0.6) is 0 Å². The lowest BCUT2D eigenvalue weighted by molar-refractivity contribution is -0.0167. The van der Waals surface area contributed by atoms with Crippen LogP contribution in [0.3, 0.4) is 0 Å². The Kier molecular flexibility index (Phi) is 4.26. The fraction of sp³-hybridized carbons (Fsp3) is 0.571. The number of aryl methyl sites for hydroxylation is 1.